The van der Waals surface area contributed by atoms with Crippen molar-refractivity contribution < 1.29 is 14.6 Å². The Labute approximate surface area is 324 Å². The molecular formula is C48H38BrN2O3-. The Balaban J connectivity index is 1.31. The van der Waals surface area contributed by atoms with E-state index in [0.717, 1.165) is 50.8 Å². The van der Waals surface area contributed by atoms with Gasteiger partial charge in [0.15, 0.2) is 0 Å². The highest BCUT2D eigenvalue weighted by atomic mass is 79.9. The number of anilines is 5. The SMILES string of the molecule is Cc1ccc(N(C2=CC3Oc4cc(N(c5ccc(C)cc5)c5ccc(C)cc5)ccc4C(c4ccc(Br)cc4C(=O)[O-])=C3C=C2)c2ccc(C)cc2)cc1. The summed E-state index contributed by atoms with van der Waals surface area (Å²) in [6.07, 6.45) is 5.75. The number of carbonyl (C=O) groups is 1. The van der Waals surface area contributed by atoms with E-state index >= 15 is 0 Å². The number of nitrogens with zero attached hydrogens (tertiary/aromatic N) is 2. The van der Waals surface area contributed by atoms with Gasteiger partial charge in [-0.2, -0.15) is 0 Å². The summed E-state index contributed by atoms with van der Waals surface area (Å²) in [4.78, 5) is 17.1. The van der Waals surface area contributed by atoms with Gasteiger partial charge in [-0.3, -0.25) is 0 Å². The third kappa shape index (κ3) is 6.77. The van der Waals surface area contributed by atoms with Crippen molar-refractivity contribution in [2.75, 3.05) is 9.80 Å². The number of aryl methyl sites for hydroxylation is 4. The van der Waals surface area contributed by atoms with E-state index in [0.29, 0.717) is 15.8 Å². The van der Waals surface area contributed by atoms with E-state index in [1.165, 1.54) is 22.3 Å². The monoisotopic (exact) mass is 769 g/mol. The molecule has 5 nitrogen and oxygen atoms in total. The number of hydrogen-bond donors (Lipinski definition) is 0. The lowest BCUT2D eigenvalue weighted by molar-refractivity contribution is -0.255. The standard InChI is InChI=1S/C48H39BrN2O3/c1-30-5-14-35(15-6-30)50(36-16-7-31(2)8-17-36)39-22-25-42-45(28-39)54-46-29-40(23-26-43(46)47(42)41-24-13-34(49)27-44(41)48(52)53)51(37-18-9-32(3)10-19-37)38-20-11-33(4)12-21-38/h5-29,45H,1-4H3,(H,52,53)/p-1. The molecule has 0 amide bonds. The lowest BCUT2D eigenvalue weighted by Gasteiger charge is -2.35. The van der Waals surface area contributed by atoms with Gasteiger partial charge in [0.05, 0.1) is 5.97 Å². The predicted molar refractivity (Wildman–Crippen MR) is 221 cm³/mol. The molecule has 2 aliphatic rings. The average molecular weight is 771 g/mol. The number of carboxylic acids is 1. The van der Waals surface area contributed by atoms with Crippen LogP contribution in [-0.4, -0.2) is 12.1 Å². The number of carboxylic acid groups (broad SMARTS) is 1. The number of fused-ring (bicyclic) bond motifs is 2. The molecule has 6 aromatic carbocycles. The minimum atomic E-state index is -1.24. The Morgan fingerprint density at radius 2 is 1.04 bits per heavy atom. The van der Waals surface area contributed by atoms with Crippen molar-refractivity contribution in [3.63, 3.8) is 0 Å². The third-order valence-electron chi connectivity index (χ3n) is 10.00. The van der Waals surface area contributed by atoms with Crippen LogP contribution in [0.25, 0.3) is 5.57 Å². The summed E-state index contributed by atoms with van der Waals surface area (Å²) in [5, 5.41) is 12.7. The summed E-state index contributed by atoms with van der Waals surface area (Å²) in [5.74, 6) is -0.595. The number of rotatable bonds is 8. The highest BCUT2D eigenvalue weighted by Gasteiger charge is 2.32. The van der Waals surface area contributed by atoms with Gasteiger partial charge in [-0.25, -0.2) is 0 Å². The molecule has 0 radical (unpaired) electrons. The summed E-state index contributed by atoms with van der Waals surface area (Å²) < 4.78 is 7.65. The topological polar surface area (TPSA) is 55.8 Å². The molecule has 6 aromatic rings. The van der Waals surface area contributed by atoms with Crippen molar-refractivity contribution in [2.24, 2.45) is 0 Å². The van der Waals surface area contributed by atoms with Gasteiger partial charge in [-0.1, -0.05) is 98.9 Å². The van der Waals surface area contributed by atoms with Crippen molar-refractivity contribution in [3.8, 4) is 5.75 Å². The van der Waals surface area contributed by atoms with E-state index < -0.39 is 12.1 Å². The highest BCUT2D eigenvalue weighted by molar-refractivity contribution is 9.10. The van der Waals surface area contributed by atoms with Crippen LogP contribution in [0.1, 0.15) is 43.7 Å². The van der Waals surface area contributed by atoms with Crippen LogP contribution in [0.3, 0.4) is 0 Å². The zero-order valence-corrected chi connectivity index (χ0v) is 32.1. The summed E-state index contributed by atoms with van der Waals surface area (Å²) in [6, 6.07) is 45.4. The van der Waals surface area contributed by atoms with Crippen LogP contribution < -0.4 is 19.6 Å². The minimum absolute atomic E-state index is 0.104. The van der Waals surface area contributed by atoms with Gasteiger partial charge >= 0.3 is 0 Å². The van der Waals surface area contributed by atoms with E-state index in [4.69, 9.17) is 4.74 Å². The van der Waals surface area contributed by atoms with Gasteiger partial charge < -0.3 is 24.4 Å². The van der Waals surface area contributed by atoms with E-state index in [1.54, 1.807) is 6.07 Å². The Morgan fingerprint density at radius 3 is 1.54 bits per heavy atom. The van der Waals surface area contributed by atoms with Crippen LogP contribution in [0.15, 0.2) is 167 Å². The molecule has 0 fully saturated rings. The molecule has 0 saturated carbocycles. The molecule has 1 aliphatic heterocycles. The van der Waals surface area contributed by atoms with Crippen LogP contribution in [0, 0.1) is 27.7 Å². The first-order valence-electron chi connectivity index (χ1n) is 18.0. The molecule has 1 unspecified atom stereocenters. The molecule has 0 saturated heterocycles. The normalized spacial score (nSPS) is 14.5. The van der Waals surface area contributed by atoms with Crippen LogP contribution in [0.4, 0.5) is 28.4 Å². The van der Waals surface area contributed by atoms with Crippen molar-refractivity contribution >= 4 is 55.9 Å². The van der Waals surface area contributed by atoms with Crippen molar-refractivity contribution in [1.82, 2.24) is 0 Å². The predicted octanol–water partition coefficient (Wildman–Crippen LogP) is 11.4. The Hall–Kier alpha value is -6.11. The maximum Gasteiger partial charge on any atom is 0.145 e. The van der Waals surface area contributed by atoms with E-state index in [1.807, 2.05) is 18.2 Å². The molecule has 1 heterocycles. The first-order chi connectivity index (χ1) is 26.1. The van der Waals surface area contributed by atoms with Gasteiger partial charge in [0.25, 0.3) is 0 Å². The van der Waals surface area contributed by atoms with E-state index in [9.17, 15) is 9.90 Å². The maximum atomic E-state index is 12.7. The molecule has 0 spiro atoms. The second-order valence-corrected chi connectivity index (χ2v) is 14.9. The Kier molecular flexibility index (Phi) is 9.30. The van der Waals surface area contributed by atoms with Gasteiger partial charge in [0, 0.05) is 66.9 Å². The number of hydrogen-bond acceptors (Lipinski definition) is 5. The largest absolute Gasteiger partial charge is 0.545 e. The van der Waals surface area contributed by atoms with E-state index in [2.05, 4.69) is 181 Å². The molecule has 54 heavy (non-hydrogen) atoms. The fourth-order valence-corrected chi connectivity index (χ4v) is 7.52. The summed E-state index contributed by atoms with van der Waals surface area (Å²) in [7, 11) is 0. The summed E-state index contributed by atoms with van der Waals surface area (Å²) in [6.45, 7) is 8.34. The molecular weight excluding hydrogens is 732 g/mol. The molecule has 1 atom stereocenters. The van der Waals surface area contributed by atoms with Crippen LogP contribution >= 0.6 is 15.9 Å². The van der Waals surface area contributed by atoms with Gasteiger partial charge in [0.1, 0.15) is 11.9 Å². The number of benzene rings is 6. The lowest BCUT2D eigenvalue weighted by atomic mass is 9.83. The first kappa shape index (κ1) is 34.9. The van der Waals surface area contributed by atoms with Crippen molar-refractivity contribution in [2.45, 2.75) is 33.8 Å². The lowest BCUT2D eigenvalue weighted by Crippen LogP contribution is -2.29. The number of allylic oxidation sites excluding steroid dienone is 1. The van der Waals surface area contributed by atoms with Gasteiger partial charge in [-0.15, -0.1) is 0 Å². The zero-order chi connectivity index (χ0) is 37.5. The van der Waals surface area contributed by atoms with Gasteiger partial charge in [0.2, 0.25) is 0 Å². The number of halogens is 1. The highest BCUT2D eigenvalue weighted by Crippen LogP contribution is 2.47. The van der Waals surface area contributed by atoms with Crippen LogP contribution in [0.5, 0.6) is 5.75 Å². The first-order valence-corrected chi connectivity index (χ1v) is 18.8. The summed E-state index contributed by atoms with van der Waals surface area (Å²) in [5.41, 5.74) is 13.8. The molecule has 0 aromatic heterocycles. The van der Waals surface area contributed by atoms with Gasteiger partial charge in [-0.05, 0) is 118 Å². The molecule has 266 valence electrons. The third-order valence-corrected chi connectivity index (χ3v) is 10.5. The summed E-state index contributed by atoms with van der Waals surface area (Å²) >= 11 is 3.48. The fourth-order valence-electron chi connectivity index (χ4n) is 7.16. The second-order valence-electron chi connectivity index (χ2n) is 14.0. The number of aromatic carboxylic acids is 1. The number of carbonyl (C=O) groups excluding carboxylic acids is 1. The maximum absolute atomic E-state index is 12.7. The van der Waals surface area contributed by atoms with Crippen LogP contribution in [0.2, 0.25) is 0 Å². The second kappa shape index (κ2) is 14.4. The van der Waals surface area contributed by atoms with E-state index in [-0.39, 0.29) is 5.56 Å². The molecule has 6 heteroatoms. The quantitative estimate of drug-likeness (QED) is 0.154. The Morgan fingerprint density at radius 1 is 0.574 bits per heavy atom. The average Bonchev–Trinajstić information content (AvgIpc) is 3.17. The fraction of sp³-hybridized carbons (Fsp3) is 0.104. The minimum Gasteiger partial charge on any atom is -0.545 e. The number of ether oxygens (including phenoxy) is 1. The molecule has 0 N–H and O–H groups in total. The van der Waals surface area contributed by atoms with Crippen molar-refractivity contribution in [1.29, 1.82) is 0 Å². The van der Waals surface area contributed by atoms with Crippen LogP contribution in [-0.2, 0) is 0 Å². The molecule has 1 aliphatic carbocycles. The smallest absolute Gasteiger partial charge is 0.145 e. The van der Waals surface area contributed by atoms with Crippen molar-refractivity contribution in [3.05, 3.63) is 206 Å². The molecule has 0 bridgehead atoms. The zero-order valence-electron chi connectivity index (χ0n) is 30.5. The Bertz CT molecular complexity index is 2390. The molecule has 8 rings (SSSR count).